The zero-order chi connectivity index (χ0) is 21.8. The van der Waals surface area contributed by atoms with E-state index in [0.717, 1.165) is 18.2 Å². The number of nitro groups is 2. The third-order valence-corrected chi connectivity index (χ3v) is 4.48. The normalized spacial score (nSPS) is 15.5. The third-order valence-electron chi connectivity index (χ3n) is 4.48. The second kappa shape index (κ2) is 8.55. The molecule has 0 aliphatic carbocycles. The molecule has 30 heavy (non-hydrogen) atoms. The second-order valence-electron chi connectivity index (χ2n) is 6.74. The molecular formula is C19H18N4O7. The Labute approximate surface area is 170 Å². The summed E-state index contributed by atoms with van der Waals surface area (Å²) in [7, 11) is 0. The van der Waals surface area contributed by atoms with Crippen LogP contribution < -0.4 is 10.1 Å². The molecule has 1 fully saturated rings. The Morgan fingerprint density at radius 2 is 1.67 bits per heavy atom. The van der Waals surface area contributed by atoms with Crippen molar-refractivity contribution in [3.8, 4) is 5.75 Å². The van der Waals surface area contributed by atoms with E-state index in [1.807, 2.05) is 0 Å². The molecule has 2 amide bonds. The van der Waals surface area contributed by atoms with Gasteiger partial charge in [-0.3, -0.25) is 29.8 Å². The predicted octanol–water partition coefficient (Wildman–Crippen LogP) is 2.75. The number of nitro benzene ring substituents is 2. The van der Waals surface area contributed by atoms with Gasteiger partial charge in [0.2, 0.25) is 5.91 Å². The molecule has 0 saturated carbocycles. The van der Waals surface area contributed by atoms with Crippen molar-refractivity contribution in [2.75, 3.05) is 18.4 Å². The van der Waals surface area contributed by atoms with Gasteiger partial charge >= 0.3 is 0 Å². The van der Waals surface area contributed by atoms with Gasteiger partial charge in [-0.15, -0.1) is 0 Å². The minimum Gasteiger partial charge on any atom is -0.489 e. The van der Waals surface area contributed by atoms with Crippen LogP contribution in [0.15, 0.2) is 42.5 Å². The summed E-state index contributed by atoms with van der Waals surface area (Å²) in [5.74, 6) is -0.154. The number of nitrogens with one attached hydrogen (secondary N) is 1. The Morgan fingerprint density at radius 1 is 1.07 bits per heavy atom. The maximum absolute atomic E-state index is 12.7. The van der Waals surface area contributed by atoms with E-state index in [4.69, 9.17) is 4.74 Å². The van der Waals surface area contributed by atoms with Gasteiger partial charge in [-0.05, 0) is 24.3 Å². The fourth-order valence-corrected chi connectivity index (χ4v) is 3.13. The molecule has 3 rings (SSSR count). The number of non-ortho nitro benzene ring substituents is 2. The molecule has 1 saturated heterocycles. The zero-order valence-corrected chi connectivity index (χ0v) is 15.9. The third kappa shape index (κ3) is 4.87. The highest BCUT2D eigenvalue weighted by molar-refractivity contribution is 5.95. The number of carbonyl (C=O) groups is 2. The Morgan fingerprint density at radius 3 is 2.20 bits per heavy atom. The van der Waals surface area contributed by atoms with Crippen LogP contribution in [0.5, 0.6) is 5.75 Å². The summed E-state index contributed by atoms with van der Waals surface area (Å²) in [6, 6.07) is 9.65. The van der Waals surface area contributed by atoms with Crippen molar-refractivity contribution >= 4 is 28.9 Å². The second-order valence-corrected chi connectivity index (χ2v) is 6.74. The zero-order valence-electron chi connectivity index (χ0n) is 15.9. The molecule has 1 aliphatic heterocycles. The van der Waals surface area contributed by atoms with Crippen molar-refractivity contribution in [2.24, 2.45) is 0 Å². The van der Waals surface area contributed by atoms with Gasteiger partial charge in [0.1, 0.15) is 11.9 Å². The first-order valence-corrected chi connectivity index (χ1v) is 9.00. The minimum absolute atomic E-state index is 0.115. The summed E-state index contributed by atoms with van der Waals surface area (Å²) in [6.45, 7) is 2.00. The maximum atomic E-state index is 12.7. The molecule has 2 aromatic rings. The summed E-state index contributed by atoms with van der Waals surface area (Å²) < 4.78 is 5.85. The molecule has 0 bridgehead atoms. The van der Waals surface area contributed by atoms with Crippen molar-refractivity contribution in [2.45, 2.75) is 19.4 Å². The molecule has 1 heterocycles. The number of likely N-dealkylation sites (tertiary alicyclic amines) is 1. The van der Waals surface area contributed by atoms with Crippen molar-refractivity contribution < 1.29 is 24.2 Å². The average Bonchev–Trinajstić information content (AvgIpc) is 3.16. The lowest BCUT2D eigenvalue weighted by atomic mass is 10.1. The van der Waals surface area contributed by atoms with Gasteiger partial charge in [-0.1, -0.05) is 0 Å². The smallest absolute Gasteiger partial charge is 0.277 e. The van der Waals surface area contributed by atoms with Crippen LogP contribution in [0.3, 0.4) is 0 Å². The van der Waals surface area contributed by atoms with Gasteiger partial charge in [0.25, 0.3) is 17.3 Å². The van der Waals surface area contributed by atoms with Gasteiger partial charge < -0.3 is 15.0 Å². The standard InChI is InChI=1S/C19H18N4O7/c1-12(24)20-14-2-4-17(5-3-14)30-18-6-7-21(11-18)19(25)13-8-15(22(26)27)10-16(9-13)23(28)29/h2-5,8-10,18H,6-7,11H2,1H3,(H,20,24)/t18-/m0/s1. The molecule has 0 radical (unpaired) electrons. The van der Waals surface area contributed by atoms with Crippen LogP contribution in [0.4, 0.5) is 17.1 Å². The van der Waals surface area contributed by atoms with Crippen molar-refractivity contribution in [1.29, 1.82) is 0 Å². The number of hydrogen-bond donors (Lipinski definition) is 1. The number of ether oxygens (including phenoxy) is 1. The SMILES string of the molecule is CC(=O)Nc1ccc(O[C@H]2CCN(C(=O)c3cc([N+](=O)[O-])cc([N+](=O)[O-])c3)C2)cc1. The molecule has 1 atom stereocenters. The summed E-state index contributed by atoms with van der Waals surface area (Å²) in [5, 5.41) is 24.7. The van der Waals surface area contributed by atoms with E-state index in [1.54, 1.807) is 24.3 Å². The molecule has 11 heteroatoms. The van der Waals surface area contributed by atoms with E-state index in [9.17, 15) is 29.8 Å². The van der Waals surface area contributed by atoms with Crippen molar-refractivity contribution in [3.05, 3.63) is 68.3 Å². The molecule has 11 nitrogen and oxygen atoms in total. The molecular weight excluding hydrogens is 396 g/mol. The van der Waals surface area contributed by atoms with Crippen molar-refractivity contribution in [1.82, 2.24) is 4.90 Å². The van der Waals surface area contributed by atoms with E-state index in [1.165, 1.54) is 11.8 Å². The van der Waals surface area contributed by atoms with Crippen LogP contribution in [-0.4, -0.2) is 45.8 Å². The Balaban J connectivity index is 1.67. The van der Waals surface area contributed by atoms with E-state index < -0.39 is 27.1 Å². The summed E-state index contributed by atoms with van der Waals surface area (Å²) in [4.78, 5) is 45.7. The lowest BCUT2D eigenvalue weighted by molar-refractivity contribution is -0.394. The predicted molar refractivity (Wildman–Crippen MR) is 105 cm³/mol. The number of carbonyl (C=O) groups excluding carboxylic acids is 2. The molecule has 156 valence electrons. The van der Waals surface area contributed by atoms with Gasteiger partial charge in [0, 0.05) is 37.7 Å². The Kier molecular flexibility index (Phi) is 5.90. The highest BCUT2D eigenvalue weighted by Gasteiger charge is 2.30. The van der Waals surface area contributed by atoms with Crippen LogP contribution in [0.1, 0.15) is 23.7 Å². The first kappa shape index (κ1) is 20.7. The molecule has 0 spiro atoms. The number of rotatable bonds is 6. The highest BCUT2D eigenvalue weighted by Crippen LogP contribution is 2.26. The number of benzene rings is 2. The van der Waals surface area contributed by atoms with Gasteiger partial charge in [-0.25, -0.2) is 0 Å². The molecule has 2 aromatic carbocycles. The first-order valence-electron chi connectivity index (χ1n) is 9.00. The summed E-state index contributed by atoms with van der Waals surface area (Å²) in [6.07, 6.45) is 0.241. The maximum Gasteiger partial charge on any atom is 0.277 e. The lowest BCUT2D eigenvalue weighted by Gasteiger charge is -2.17. The Hall–Kier alpha value is -4.02. The van der Waals surface area contributed by atoms with Crippen LogP contribution in [0, 0.1) is 20.2 Å². The number of hydrogen-bond acceptors (Lipinski definition) is 7. The van der Waals surface area contributed by atoms with Crippen LogP contribution in [0.2, 0.25) is 0 Å². The fraction of sp³-hybridized carbons (Fsp3) is 0.263. The fourth-order valence-electron chi connectivity index (χ4n) is 3.13. The monoisotopic (exact) mass is 414 g/mol. The first-order chi connectivity index (χ1) is 14.2. The average molecular weight is 414 g/mol. The lowest BCUT2D eigenvalue weighted by Crippen LogP contribution is -2.31. The van der Waals surface area contributed by atoms with Gasteiger partial charge in [0.15, 0.2) is 0 Å². The molecule has 1 N–H and O–H groups in total. The van der Waals surface area contributed by atoms with E-state index >= 15 is 0 Å². The minimum atomic E-state index is -0.774. The van der Waals surface area contributed by atoms with Crippen LogP contribution in [-0.2, 0) is 4.79 Å². The van der Waals surface area contributed by atoms with Crippen LogP contribution >= 0.6 is 0 Å². The molecule has 0 aromatic heterocycles. The number of anilines is 1. The molecule has 0 unspecified atom stereocenters. The summed E-state index contributed by atoms with van der Waals surface area (Å²) in [5.41, 5.74) is -0.515. The largest absolute Gasteiger partial charge is 0.489 e. The highest BCUT2D eigenvalue weighted by atomic mass is 16.6. The van der Waals surface area contributed by atoms with E-state index in [2.05, 4.69) is 5.32 Å². The number of amides is 2. The van der Waals surface area contributed by atoms with Gasteiger partial charge in [-0.2, -0.15) is 0 Å². The van der Waals surface area contributed by atoms with Crippen LogP contribution in [0.25, 0.3) is 0 Å². The quantitative estimate of drug-likeness (QED) is 0.565. The van der Waals surface area contributed by atoms with Gasteiger partial charge in [0.05, 0.1) is 28.0 Å². The Bertz CT molecular complexity index is 974. The molecule has 1 aliphatic rings. The van der Waals surface area contributed by atoms with E-state index in [0.29, 0.717) is 24.4 Å². The summed E-state index contributed by atoms with van der Waals surface area (Å²) >= 11 is 0. The van der Waals surface area contributed by atoms with Crippen molar-refractivity contribution in [3.63, 3.8) is 0 Å². The topological polar surface area (TPSA) is 145 Å². The number of nitrogens with zero attached hydrogens (tertiary/aromatic N) is 3. The van der Waals surface area contributed by atoms with E-state index in [-0.39, 0.29) is 24.1 Å².